The second kappa shape index (κ2) is 5.15. The summed E-state index contributed by atoms with van der Waals surface area (Å²) in [4.78, 5) is 12.0. The molecule has 1 heterocycles. The van der Waals surface area contributed by atoms with E-state index in [9.17, 15) is 4.79 Å². The highest BCUT2D eigenvalue weighted by Crippen LogP contribution is 2.26. The minimum Gasteiger partial charge on any atom is -0.378 e. The summed E-state index contributed by atoms with van der Waals surface area (Å²) in [5.41, 5.74) is 5.70. The molecule has 0 spiro atoms. The van der Waals surface area contributed by atoms with Gasteiger partial charge >= 0.3 is 0 Å². The molecule has 3 N–H and O–H groups in total. The average Bonchev–Trinajstić information content (AvgIpc) is 2.86. The van der Waals surface area contributed by atoms with Crippen molar-refractivity contribution >= 4 is 5.91 Å². The van der Waals surface area contributed by atoms with Crippen LogP contribution in [0.5, 0.6) is 0 Å². The molecule has 1 saturated heterocycles. The van der Waals surface area contributed by atoms with Gasteiger partial charge in [0.25, 0.3) is 0 Å². The molecule has 0 aromatic rings. The number of carbonyl (C=O) groups is 1. The maximum absolute atomic E-state index is 12.0. The first-order valence-corrected chi connectivity index (χ1v) is 6.32. The Morgan fingerprint density at radius 2 is 2.31 bits per heavy atom. The van der Waals surface area contributed by atoms with Crippen LogP contribution in [0.1, 0.15) is 32.6 Å². The van der Waals surface area contributed by atoms with Crippen LogP contribution in [0.4, 0.5) is 0 Å². The third-order valence-electron chi connectivity index (χ3n) is 3.86. The monoisotopic (exact) mass is 226 g/mol. The predicted octanol–water partition coefficient (Wildman–Crippen LogP) is 0.655. The molecule has 92 valence electrons. The van der Waals surface area contributed by atoms with Crippen LogP contribution in [0.15, 0.2) is 0 Å². The molecule has 0 aromatic carbocycles. The van der Waals surface area contributed by atoms with Crippen molar-refractivity contribution in [2.75, 3.05) is 13.2 Å². The molecule has 4 atom stereocenters. The number of nitrogens with one attached hydrogen (secondary N) is 1. The minimum absolute atomic E-state index is 0.0500. The van der Waals surface area contributed by atoms with E-state index in [-0.39, 0.29) is 17.9 Å². The van der Waals surface area contributed by atoms with Crippen molar-refractivity contribution in [3.63, 3.8) is 0 Å². The number of hydrogen-bond donors (Lipinski definition) is 2. The van der Waals surface area contributed by atoms with Crippen LogP contribution in [0.2, 0.25) is 0 Å². The Labute approximate surface area is 96.9 Å². The molecule has 1 saturated carbocycles. The fourth-order valence-corrected chi connectivity index (χ4v) is 2.81. The van der Waals surface area contributed by atoms with Crippen molar-refractivity contribution in [1.82, 2.24) is 5.32 Å². The minimum atomic E-state index is 0.0500. The second-order valence-electron chi connectivity index (χ2n) is 5.12. The van der Waals surface area contributed by atoms with Gasteiger partial charge in [0.05, 0.1) is 18.6 Å². The van der Waals surface area contributed by atoms with Gasteiger partial charge < -0.3 is 15.8 Å². The summed E-state index contributed by atoms with van der Waals surface area (Å²) in [6, 6.07) is 0.299. The summed E-state index contributed by atoms with van der Waals surface area (Å²) >= 11 is 0. The highest BCUT2D eigenvalue weighted by Gasteiger charge is 2.32. The molecule has 0 radical (unpaired) electrons. The molecule has 4 unspecified atom stereocenters. The van der Waals surface area contributed by atoms with Gasteiger partial charge in [-0.05, 0) is 38.6 Å². The maximum Gasteiger partial charge on any atom is 0.225 e. The van der Waals surface area contributed by atoms with Crippen molar-refractivity contribution in [3.05, 3.63) is 0 Å². The molecular weight excluding hydrogens is 204 g/mol. The smallest absolute Gasteiger partial charge is 0.225 e. The predicted molar refractivity (Wildman–Crippen MR) is 61.8 cm³/mol. The van der Waals surface area contributed by atoms with Crippen LogP contribution < -0.4 is 11.1 Å². The first kappa shape index (κ1) is 11.9. The Morgan fingerprint density at radius 3 is 2.94 bits per heavy atom. The summed E-state index contributed by atoms with van der Waals surface area (Å²) < 4.78 is 5.42. The lowest BCUT2D eigenvalue weighted by Crippen LogP contribution is -2.42. The Hall–Kier alpha value is -0.610. The van der Waals surface area contributed by atoms with E-state index < -0.39 is 0 Å². The summed E-state index contributed by atoms with van der Waals surface area (Å²) in [5, 5.41) is 3.14. The summed E-state index contributed by atoms with van der Waals surface area (Å²) in [5.74, 6) is 0.687. The first-order chi connectivity index (χ1) is 7.70. The number of carbonyl (C=O) groups excluding carboxylic acids is 1. The summed E-state index contributed by atoms with van der Waals surface area (Å²) in [6.07, 6.45) is 4.50. The molecule has 4 heteroatoms. The van der Waals surface area contributed by atoms with Crippen LogP contribution in [-0.2, 0) is 9.53 Å². The van der Waals surface area contributed by atoms with E-state index in [4.69, 9.17) is 10.5 Å². The van der Waals surface area contributed by atoms with Gasteiger partial charge in [0.2, 0.25) is 5.91 Å². The Balaban J connectivity index is 1.82. The van der Waals surface area contributed by atoms with Crippen molar-refractivity contribution in [2.24, 2.45) is 17.6 Å². The molecule has 0 aromatic heterocycles. The topological polar surface area (TPSA) is 64.4 Å². The molecule has 2 aliphatic rings. The highest BCUT2D eigenvalue weighted by molar-refractivity contribution is 5.79. The quantitative estimate of drug-likeness (QED) is 0.743. The zero-order valence-electron chi connectivity index (χ0n) is 9.95. The van der Waals surface area contributed by atoms with E-state index in [0.29, 0.717) is 25.1 Å². The molecule has 0 bridgehead atoms. The maximum atomic E-state index is 12.0. The molecular formula is C12H22N2O2. The van der Waals surface area contributed by atoms with E-state index in [1.165, 1.54) is 6.42 Å². The Morgan fingerprint density at radius 1 is 1.50 bits per heavy atom. The van der Waals surface area contributed by atoms with E-state index in [2.05, 4.69) is 5.32 Å². The van der Waals surface area contributed by atoms with Crippen molar-refractivity contribution in [3.8, 4) is 0 Å². The molecule has 2 rings (SSSR count). The standard InChI is InChI=1S/C12H22N2O2/c1-8-5-10(7-16-8)12(15)14-11-4-2-3-9(11)6-13/h8-11H,2-7,13H2,1H3,(H,14,15). The molecule has 4 nitrogen and oxygen atoms in total. The van der Waals surface area contributed by atoms with Gasteiger partial charge in [-0.3, -0.25) is 4.79 Å². The Bertz CT molecular complexity index is 257. The molecule has 16 heavy (non-hydrogen) atoms. The van der Waals surface area contributed by atoms with Gasteiger partial charge in [0.1, 0.15) is 0 Å². The zero-order chi connectivity index (χ0) is 11.5. The van der Waals surface area contributed by atoms with Gasteiger partial charge in [-0.1, -0.05) is 6.42 Å². The normalized spacial score (nSPS) is 38.9. The van der Waals surface area contributed by atoms with Crippen molar-refractivity contribution < 1.29 is 9.53 Å². The molecule has 1 aliphatic carbocycles. The van der Waals surface area contributed by atoms with Crippen LogP contribution >= 0.6 is 0 Å². The van der Waals surface area contributed by atoms with E-state index >= 15 is 0 Å². The molecule has 1 amide bonds. The van der Waals surface area contributed by atoms with E-state index in [1.54, 1.807) is 0 Å². The largest absolute Gasteiger partial charge is 0.378 e. The van der Waals surface area contributed by atoms with Gasteiger partial charge in [0.15, 0.2) is 0 Å². The van der Waals surface area contributed by atoms with Crippen LogP contribution in [-0.4, -0.2) is 31.2 Å². The number of nitrogens with two attached hydrogens (primary N) is 1. The van der Waals surface area contributed by atoms with Crippen molar-refractivity contribution in [2.45, 2.75) is 44.8 Å². The lowest BCUT2D eigenvalue weighted by Gasteiger charge is -2.21. The van der Waals surface area contributed by atoms with Gasteiger partial charge in [-0.2, -0.15) is 0 Å². The lowest BCUT2D eigenvalue weighted by atomic mass is 10.0. The zero-order valence-corrected chi connectivity index (χ0v) is 9.95. The lowest BCUT2D eigenvalue weighted by molar-refractivity contribution is -0.125. The molecule has 2 fully saturated rings. The number of rotatable bonds is 3. The third kappa shape index (κ3) is 2.55. The number of hydrogen-bond acceptors (Lipinski definition) is 3. The molecule has 1 aliphatic heterocycles. The summed E-state index contributed by atoms with van der Waals surface area (Å²) in [7, 11) is 0. The fraction of sp³-hybridized carbons (Fsp3) is 0.917. The van der Waals surface area contributed by atoms with Gasteiger partial charge in [-0.25, -0.2) is 0 Å². The SMILES string of the molecule is CC1CC(C(=O)NC2CCCC2CN)CO1. The number of amides is 1. The second-order valence-corrected chi connectivity index (χ2v) is 5.12. The number of ether oxygens (including phenoxy) is 1. The van der Waals surface area contributed by atoms with Crippen LogP contribution in [0, 0.1) is 11.8 Å². The van der Waals surface area contributed by atoms with Crippen molar-refractivity contribution in [1.29, 1.82) is 0 Å². The first-order valence-electron chi connectivity index (χ1n) is 6.32. The van der Waals surface area contributed by atoms with Gasteiger partial charge in [-0.15, -0.1) is 0 Å². The van der Waals surface area contributed by atoms with E-state index in [0.717, 1.165) is 19.3 Å². The van der Waals surface area contributed by atoms with Gasteiger partial charge in [0, 0.05) is 6.04 Å². The summed E-state index contributed by atoms with van der Waals surface area (Å²) in [6.45, 7) is 3.28. The van der Waals surface area contributed by atoms with E-state index in [1.807, 2.05) is 6.92 Å². The Kier molecular flexibility index (Phi) is 3.82. The highest BCUT2D eigenvalue weighted by atomic mass is 16.5. The van der Waals surface area contributed by atoms with Crippen LogP contribution in [0.25, 0.3) is 0 Å². The van der Waals surface area contributed by atoms with Crippen LogP contribution in [0.3, 0.4) is 0 Å². The third-order valence-corrected chi connectivity index (χ3v) is 3.86. The average molecular weight is 226 g/mol. The fourth-order valence-electron chi connectivity index (χ4n) is 2.81.